The minimum absolute atomic E-state index is 0.0295. The summed E-state index contributed by atoms with van der Waals surface area (Å²) >= 11 is 0. The van der Waals surface area contributed by atoms with Crippen molar-refractivity contribution in [3.8, 4) is 0 Å². The van der Waals surface area contributed by atoms with E-state index in [9.17, 15) is 9.59 Å². The van der Waals surface area contributed by atoms with Crippen molar-refractivity contribution in [3.05, 3.63) is 48.3 Å². The average molecular weight is 338 g/mol. The van der Waals surface area contributed by atoms with Crippen molar-refractivity contribution >= 4 is 17.5 Å². The summed E-state index contributed by atoms with van der Waals surface area (Å²) in [5.74, 6) is 0.125. The molecule has 1 aromatic carbocycles. The first-order valence-electron chi connectivity index (χ1n) is 8.74. The second kappa shape index (κ2) is 6.02. The molecule has 0 bridgehead atoms. The Balaban J connectivity index is 1.54. The van der Waals surface area contributed by atoms with Crippen LogP contribution < -0.4 is 4.90 Å². The number of likely N-dealkylation sites (tertiary alicyclic amines) is 1. The molecule has 25 heavy (non-hydrogen) atoms. The summed E-state index contributed by atoms with van der Waals surface area (Å²) in [6.07, 6.45) is 5.84. The molecule has 6 heteroatoms. The summed E-state index contributed by atoms with van der Waals surface area (Å²) < 4.78 is 1.63. The predicted octanol–water partition coefficient (Wildman–Crippen LogP) is 2.08. The van der Waals surface area contributed by atoms with Gasteiger partial charge in [0.15, 0.2) is 0 Å². The standard InChI is InChI=1S/C19H22N4O2/c1-21-13-15(12-20-21)17(24)22-10-5-8-19(14-22)9-11-23(18(19)25)16-6-3-2-4-7-16/h2-4,6-7,12-13H,5,8-11,14H2,1H3/t19-/m0/s1. The molecule has 130 valence electrons. The van der Waals surface area contributed by atoms with Gasteiger partial charge in [0.2, 0.25) is 5.91 Å². The number of para-hydroxylation sites is 1. The van der Waals surface area contributed by atoms with Crippen molar-refractivity contribution in [3.63, 3.8) is 0 Å². The number of aromatic nitrogens is 2. The molecule has 2 amide bonds. The van der Waals surface area contributed by atoms with E-state index < -0.39 is 5.41 Å². The van der Waals surface area contributed by atoms with Crippen LogP contribution in [0.1, 0.15) is 29.6 Å². The largest absolute Gasteiger partial charge is 0.337 e. The maximum atomic E-state index is 13.2. The first-order chi connectivity index (χ1) is 12.1. The Labute approximate surface area is 147 Å². The van der Waals surface area contributed by atoms with Gasteiger partial charge in [0.25, 0.3) is 5.91 Å². The highest BCUT2D eigenvalue weighted by Gasteiger charge is 2.50. The predicted molar refractivity (Wildman–Crippen MR) is 94.2 cm³/mol. The lowest BCUT2D eigenvalue weighted by Crippen LogP contribution is -2.49. The second-order valence-corrected chi connectivity index (χ2v) is 7.06. The van der Waals surface area contributed by atoms with Crippen LogP contribution in [0.15, 0.2) is 42.7 Å². The van der Waals surface area contributed by atoms with E-state index in [1.165, 1.54) is 0 Å². The Bertz CT molecular complexity index is 801. The van der Waals surface area contributed by atoms with Crippen LogP contribution in [0.2, 0.25) is 0 Å². The Hall–Kier alpha value is -2.63. The van der Waals surface area contributed by atoms with Crippen LogP contribution in [-0.2, 0) is 11.8 Å². The molecule has 2 aromatic rings. The number of piperidine rings is 1. The van der Waals surface area contributed by atoms with Crippen LogP contribution in [0, 0.1) is 5.41 Å². The number of nitrogens with zero attached hydrogens (tertiary/aromatic N) is 4. The van der Waals surface area contributed by atoms with Crippen LogP contribution in [0.3, 0.4) is 0 Å². The third kappa shape index (κ3) is 2.71. The van der Waals surface area contributed by atoms with Crippen molar-refractivity contribution in [2.24, 2.45) is 12.5 Å². The van der Waals surface area contributed by atoms with E-state index in [1.807, 2.05) is 40.1 Å². The molecule has 0 aliphatic carbocycles. The molecule has 1 atom stereocenters. The van der Waals surface area contributed by atoms with E-state index in [4.69, 9.17) is 0 Å². The fourth-order valence-corrected chi connectivity index (χ4v) is 4.07. The molecule has 1 spiro atoms. The Morgan fingerprint density at radius 2 is 1.96 bits per heavy atom. The van der Waals surface area contributed by atoms with Crippen molar-refractivity contribution in [2.75, 3.05) is 24.5 Å². The minimum atomic E-state index is -0.439. The van der Waals surface area contributed by atoms with E-state index in [0.717, 1.165) is 31.5 Å². The van der Waals surface area contributed by atoms with E-state index in [2.05, 4.69) is 5.10 Å². The average Bonchev–Trinajstić information content (AvgIpc) is 3.20. The van der Waals surface area contributed by atoms with Gasteiger partial charge in [0.05, 0.1) is 17.2 Å². The van der Waals surface area contributed by atoms with E-state index in [0.29, 0.717) is 18.7 Å². The zero-order chi connectivity index (χ0) is 17.4. The van der Waals surface area contributed by atoms with Gasteiger partial charge in [-0.3, -0.25) is 14.3 Å². The van der Waals surface area contributed by atoms with Gasteiger partial charge < -0.3 is 9.80 Å². The summed E-state index contributed by atoms with van der Waals surface area (Å²) in [7, 11) is 1.80. The smallest absolute Gasteiger partial charge is 0.257 e. The van der Waals surface area contributed by atoms with Gasteiger partial charge in [-0.25, -0.2) is 0 Å². The van der Waals surface area contributed by atoms with Gasteiger partial charge in [0.1, 0.15) is 0 Å². The van der Waals surface area contributed by atoms with Crippen LogP contribution in [0.4, 0.5) is 5.69 Å². The summed E-state index contributed by atoms with van der Waals surface area (Å²) in [5, 5.41) is 4.08. The number of anilines is 1. The zero-order valence-corrected chi connectivity index (χ0v) is 14.4. The SMILES string of the molecule is Cn1cc(C(=O)N2CCC[C@]3(CCN(c4ccccc4)C3=O)C2)cn1. The summed E-state index contributed by atoms with van der Waals surface area (Å²) in [6.45, 7) is 1.93. The number of amides is 2. The molecule has 0 radical (unpaired) electrons. The lowest BCUT2D eigenvalue weighted by atomic mass is 9.78. The molecular weight excluding hydrogens is 316 g/mol. The number of hydrogen-bond donors (Lipinski definition) is 0. The van der Waals surface area contributed by atoms with Gasteiger partial charge in [-0.15, -0.1) is 0 Å². The normalized spacial score (nSPS) is 23.5. The zero-order valence-electron chi connectivity index (χ0n) is 14.4. The molecule has 2 saturated heterocycles. The number of carbonyl (C=O) groups excluding carboxylic acids is 2. The second-order valence-electron chi connectivity index (χ2n) is 7.06. The molecular formula is C19H22N4O2. The summed E-state index contributed by atoms with van der Waals surface area (Å²) in [4.78, 5) is 29.6. The molecule has 0 unspecified atom stereocenters. The van der Waals surface area contributed by atoms with Crippen LogP contribution in [0.5, 0.6) is 0 Å². The van der Waals surface area contributed by atoms with E-state index in [1.54, 1.807) is 24.1 Å². The third-order valence-corrected chi connectivity index (χ3v) is 5.40. The molecule has 2 fully saturated rings. The van der Waals surface area contributed by atoms with Crippen LogP contribution >= 0.6 is 0 Å². The highest BCUT2D eigenvalue weighted by molar-refractivity contribution is 6.01. The lowest BCUT2D eigenvalue weighted by molar-refractivity contribution is -0.127. The van der Waals surface area contributed by atoms with Crippen molar-refractivity contribution in [1.82, 2.24) is 14.7 Å². The molecule has 0 saturated carbocycles. The van der Waals surface area contributed by atoms with E-state index >= 15 is 0 Å². The van der Waals surface area contributed by atoms with Gasteiger partial charge >= 0.3 is 0 Å². The molecule has 2 aliphatic heterocycles. The summed E-state index contributed by atoms with van der Waals surface area (Å²) in [5.41, 5.74) is 1.09. The van der Waals surface area contributed by atoms with Crippen molar-refractivity contribution in [2.45, 2.75) is 19.3 Å². The maximum Gasteiger partial charge on any atom is 0.257 e. The highest BCUT2D eigenvalue weighted by atomic mass is 16.2. The molecule has 1 aromatic heterocycles. The topological polar surface area (TPSA) is 58.4 Å². The lowest BCUT2D eigenvalue weighted by Gasteiger charge is -2.38. The maximum absolute atomic E-state index is 13.2. The Morgan fingerprint density at radius 1 is 1.16 bits per heavy atom. The molecule has 0 N–H and O–H groups in total. The third-order valence-electron chi connectivity index (χ3n) is 5.40. The minimum Gasteiger partial charge on any atom is -0.337 e. The van der Waals surface area contributed by atoms with Gasteiger partial charge in [-0.1, -0.05) is 18.2 Å². The number of carbonyl (C=O) groups is 2. The molecule has 6 nitrogen and oxygen atoms in total. The highest BCUT2D eigenvalue weighted by Crippen LogP contribution is 2.42. The number of rotatable bonds is 2. The van der Waals surface area contributed by atoms with Gasteiger partial charge in [-0.2, -0.15) is 5.10 Å². The van der Waals surface area contributed by atoms with Crippen molar-refractivity contribution < 1.29 is 9.59 Å². The first-order valence-corrected chi connectivity index (χ1v) is 8.74. The van der Waals surface area contributed by atoms with Crippen molar-refractivity contribution in [1.29, 1.82) is 0 Å². The Morgan fingerprint density at radius 3 is 2.68 bits per heavy atom. The molecule has 2 aliphatic rings. The quantitative estimate of drug-likeness (QED) is 0.842. The molecule has 3 heterocycles. The molecule has 4 rings (SSSR count). The number of benzene rings is 1. The van der Waals surface area contributed by atoms with E-state index in [-0.39, 0.29) is 11.8 Å². The fraction of sp³-hybridized carbons (Fsp3) is 0.421. The monoisotopic (exact) mass is 338 g/mol. The van der Waals surface area contributed by atoms with Gasteiger partial charge in [0, 0.05) is 38.6 Å². The first kappa shape index (κ1) is 15.9. The van der Waals surface area contributed by atoms with Crippen LogP contribution in [0.25, 0.3) is 0 Å². The number of hydrogen-bond acceptors (Lipinski definition) is 3. The number of aryl methyl sites for hydroxylation is 1. The Kier molecular flexibility index (Phi) is 3.82. The van der Waals surface area contributed by atoms with Crippen LogP contribution in [-0.4, -0.2) is 46.1 Å². The van der Waals surface area contributed by atoms with Gasteiger partial charge in [-0.05, 0) is 31.4 Å². The fourth-order valence-electron chi connectivity index (χ4n) is 4.07. The summed E-state index contributed by atoms with van der Waals surface area (Å²) in [6, 6.07) is 9.80.